The number of aromatic hydroxyl groups is 1. The number of halogens is 1. The first-order valence-corrected chi connectivity index (χ1v) is 8.26. The highest BCUT2D eigenvalue weighted by Gasteiger charge is 2.29. The number of hydrogen-bond donors (Lipinski definition) is 2. The van der Waals surface area contributed by atoms with Crippen LogP contribution in [0.15, 0.2) is 22.7 Å². The topological polar surface area (TPSA) is 35.5 Å². The fourth-order valence-electron chi connectivity index (χ4n) is 2.58. The predicted molar refractivity (Wildman–Crippen MR) is 87.1 cm³/mol. The molecule has 0 aliphatic heterocycles. The van der Waals surface area contributed by atoms with Crippen molar-refractivity contribution in [1.82, 2.24) is 10.2 Å². The maximum absolute atomic E-state index is 10.0. The molecule has 2 unspecified atom stereocenters. The molecule has 4 heteroatoms. The molecule has 0 heterocycles. The van der Waals surface area contributed by atoms with Crippen molar-refractivity contribution < 1.29 is 5.11 Å². The number of benzene rings is 1. The van der Waals surface area contributed by atoms with E-state index in [1.54, 1.807) is 6.07 Å². The molecular weight excluding hydrogens is 316 g/mol. The molecule has 0 saturated heterocycles. The Labute approximate surface area is 130 Å². The van der Waals surface area contributed by atoms with Crippen molar-refractivity contribution in [2.45, 2.75) is 51.2 Å². The summed E-state index contributed by atoms with van der Waals surface area (Å²) in [5.41, 5.74) is 0.975. The largest absolute Gasteiger partial charge is 0.508 e. The molecule has 1 fully saturated rings. The summed E-state index contributed by atoms with van der Waals surface area (Å²) in [5, 5.41) is 13.6. The SMILES string of the molecule is CCC(NCC(C)N(C)C1CC1)c1cc(Br)ccc1O. The van der Waals surface area contributed by atoms with Gasteiger partial charge in [-0.05, 0) is 51.4 Å². The van der Waals surface area contributed by atoms with Gasteiger partial charge in [0.25, 0.3) is 0 Å². The molecule has 2 N–H and O–H groups in total. The van der Waals surface area contributed by atoms with Gasteiger partial charge >= 0.3 is 0 Å². The van der Waals surface area contributed by atoms with Gasteiger partial charge in [0.05, 0.1) is 0 Å². The molecule has 112 valence electrons. The Kier molecular flexibility index (Phi) is 5.47. The van der Waals surface area contributed by atoms with E-state index in [-0.39, 0.29) is 6.04 Å². The highest BCUT2D eigenvalue weighted by atomic mass is 79.9. The van der Waals surface area contributed by atoms with Gasteiger partial charge in [-0.15, -0.1) is 0 Å². The number of phenolic OH excluding ortho intramolecular Hbond substituents is 1. The summed E-state index contributed by atoms with van der Waals surface area (Å²) in [6, 6.07) is 7.13. The maximum Gasteiger partial charge on any atom is 0.120 e. The van der Waals surface area contributed by atoms with E-state index in [0.717, 1.165) is 29.0 Å². The molecule has 0 aromatic heterocycles. The summed E-state index contributed by atoms with van der Waals surface area (Å²) in [6.07, 6.45) is 3.64. The highest BCUT2D eigenvalue weighted by Crippen LogP contribution is 2.30. The molecule has 20 heavy (non-hydrogen) atoms. The van der Waals surface area contributed by atoms with E-state index in [9.17, 15) is 5.11 Å². The van der Waals surface area contributed by atoms with Gasteiger partial charge < -0.3 is 10.4 Å². The van der Waals surface area contributed by atoms with Gasteiger partial charge in [-0.25, -0.2) is 0 Å². The number of nitrogens with zero attached hydrogens (tertiary/aromatic N) is 1. The van der Waals surface area contributed by atoms with Crippen molar-refractivity contribution >= 4 is 15.9 Å². The molecule has 0 spiro atoms. The van der Waals surface area contributed by atoms with Crippen LogP contribution >= 0.6 is 15.9 Å². The van der Waals surface area contributed by atoms with Crippen molar-refractivity contribution in [2.75, 3.05) is 13.6 Å². The van der Waals surface area contributed by atoms with Gasteiger partial charge in [0, 0.05) is 34.7 Å². The lowest BCUT2D eigenvalue weighted by atomic mass is 10.0. The number of phenols is 1. The highest BCUT2D eigenvalue weighted by molar-refractivity contribution is 9.10. The van der Waals surface area contributed by atoms with Crippen LogP contribution in [0.4, 0.5) is 0 Å². The maximum atomic E-state index is 10.0. The van der Waals surface area contributed by atoms with E-state index in [0.29, 0.717) is 11.8 Å². The predicted octanol–water partition coefficient (Wildman–Crippen LogP) is 3.68. The number of rotatable bonds is 7. The van der Waals surface area contributed by atoms with Gasteiger partial charge in [0.15, 0.2) is 0 Å². The lowest BCUT2D eigenvalue weighted by molar-refractivity contribution is 0.234. The Balaban J connectivity index is 1.96. The summed E-state index contributed by atoms with van der Waals surface area (Å²) in [6.45, 7) is 5.35. The first-order chi connectivity index (χ1) is 9.52. The molecule has 2 atom stereocenters. The van der Waals surface area contributed by atoms with Crippen LogP contribution in [0, 0.1) is 0 Å². The summed E-state index contributed by atoms with van der Waals surface area (Å²) < 4.78 is 1.01. The second-order valence-electron chi connectivity index (χ2n) is 5.82. The standard InChI is InChI=1S/C16H25BrN2O/c1-4-15(14-9-12(17)5-8-16(14)20)18-10-11(2)19(3)13-6-7-13/h5,8-9,11,13,15,18,20H,4,6-7,10H2,1-3H3. The van der Waals surface area contributed by atoms with Gasteiger partial charge in [-0.1, -0.05) is 22.9 Å². The zero-order valence-electron chi connectivity index (χ0n) is 12.6. The number of hydrogen-bond acceptors (Lipinski definition) is 3. The normalized spacial score (nSPS) is 18.2. The van der Waals surface area contributed by atoms with E-state index in [1.807, 2.05) is 12.1 Å². The number of likely N-dealkylation sites (N-methyl/N-ethyl adjacent to an activating group) is 1. The van der Waals surface area contributed by atoms with Crippen molar-refractivity contribution in [3.05, 3.63) is 28.2 Å². The molecule has 1 aromatic carbocycles. The molecule has 1 aliphatic carbocycles. The molecule has 1 aromatic rings. The molecule has 2 rings (SSSR count). The first kappa shape index (κ1) is 15.8. The minimum Gasteiger partial charge on any atom is -0.508 e. The van der Waals surface area contributed by atoms with Crippen LogP contribution in [-0.4, -0.2) is 35.7 Å². The molecule has 0 amide bonds. The fourth-order valence-corrected chi connectivity index (χ4v) is 2.96. The third kappa shape index (κ3) is 3.96. The van der Waals surface area contributed by atoms with E-state index in [2.05, 4.69) is 47.0 Å². The zero-order valence-corrected chi connectivity index (χ0v) is 14.2. The average Bonchev–Trinajstić information content (AvgIpc) is 3.26. The van der Waals surface area contributed by atoms with E-state index < -0.39 is 0 Å². The van der Waals surface area contributed by atoms with Gasteiger partial charge in [-0.3, -0.25) is 4.90 Å². The minimum atomic E-state index is 0.197. The van der Waals surface area contributed by atoms with E-state index >= 15 is 0 Å². The van der Waals surface area contributed by atoms with Crippen LogP contribution in [0.5, 0.6) is 5.75 Å². The summed E-state index contributed by atoms with van der Waals surface area (Å²) >= 11 is 3.48. The Morgan fingerprint density at radius 2 is 2.15 bits per heavy atom. The Morgan fingerprint density at radius 3 is 2.75 bits per heavy atom. The minimum absolute atomic E-state index is 0.197. The van der Waals surface area contributed by atoms with Crippen molar-refractivity contribution in [2.24, 2.45) is 0 Å². The van der Waals surface area contributed by atoms with Crippen LogP contribution in [0.3, 0.4) is 0 Å². The molecule has 0 radical (unpaired) electrons. The third-order valence-electron chi connectivity index (χ3n) is 4.25. The third-order valence-corrected chi connectivity index (χ3v) is 4.74. The van der Waals surface area contributed by atoms with Gasteiger partial charge in [0.2, 0.25) is 0 Å². The zero-order chi connectivity index (χ0) is 14.7. The molecule has 3 nitrogen and oxygen atoms in total. The average molecular weight is 341 g/mol. The number of nitrogens with one attached hydrogen (secondary N) is 1. The van der Waals surface area contributed by atoms with Crippen LogP contribution in [0.1, 0.15) is 44.7 Å². The van der Waals surface area contributed by atoms with Crippen molar-refractivity contribution in [3.8, 4) is 5.75 Å². The van der Waals surface area contributed by atoms with Gasteiger partial charge in [0.1, 0.15) is 5.75 Å². The quantitative estimate of drug-likeness (QED) is 0.794. The van der Waals surface area contributed by atoms with Crippen LogP contribution in [-0.2, 0) is 0 Å². The van der Waals surface area contributed by atoms with E-state index in [1.165, 1.54) is 12.8 Å². The second-order valence-corrected chi connectivity index (χ2v) is 6.73. The Bertz CT molecular complexity index is 448. The lowest BCUT2D eigenvalue weighted by Gasteiger charge is -2.27. The molecular formula is C16H25BrN2O. The molecule has 0 bridgehead atoms. The smallest absolute Gasteiger partial charge is 0.120 e. The monoisotopic (exact) mass is 340 g/mol. The Morgan fingerprint density at radius 1 is 1.45 bits per heavy atom. The molecule has 1 saturated carbocycles. The summed E-state index contributed by atoms with van der Waals surface area (Å²) in [5.74, 6) is 0.371. The lowest BCUT2D eigenvalue weighted by Crippen LogP contribution is -2.40. The Hall–Kier alpha value is -0.580. The summed E-state index contributed by atoms with van der Waals surface area (Å²) in [4.78, 5) is 2.46. The van der Waals surface area contributed by atoms with Crippen LogP contribution in [0.2, 0.25) is 0 Å². The van der Waals surface area contributed by atoms with Crippen molar-refractivity contribution in [3.63, 3.8) is 0 Å². The summed E-state index contributed by atoms with van der Waals surface area (Å²) in [7, 11) is 2.21. The van der Waals surface area contributed by atoms with E-state index in [4.69, 9.17) is 0 Å². The van der Waals surface area contributed by atoms with Crippen LogP contribution in [0.25, 0.3) is 0 Å². The van der Waals surface area contributed by atoms with Gasteiger partial charge in [-0.2, -0.15) is 0 Å². The first-order valence-electron chi connectivity index (χ1n) is 7.46. The van der Waals surface area contributed by atoms with Crippen LogP contribution < -0.4 is 5.32 Å². The second kappa shape index (κ2) is 6.92. The molecule has 1 aliphatic rings. The van der Waals surface area contributed by atoms with Crippen molar-refractivity contribution in [1.29, 1.82) is 0 Å². The fraction of sp³-hybridized carbons (Fsp3) is 0.625.